The molecule has 1 aromatic heterocycles. The number of halogens is 1. The van der Waals surface area contributed by atoms with Crippen LogP contribution in [0.2, 0.25) is 0 Å². The third-order valence-corrected chi connectivity index (χ3v) is 3.30. The van der Waals surface area contributed by atoms with E-state index < -0.39 is 0 Å². The molecule has 2 rings (SSSR count). The van der Waals surface area contributed by atoms with Crippen molar-refractivity contribution in [3.63, 3.8) is 0 Å². The summed E-state index contributed by atoms with van der Waals surface area (Å²) in [5.41, 5.74) is 0. The van der Waals surface area contributed by atoms with E-state index in [0.29, 0.717) is 0 Å². The number of nitrogens with one attached hydrogen (secondary N) is 1. The van der Waals surface area contributed by atoms with Crippen LogP contribution in [0.25, 0.3) is 0 Å². The molecule has 0 unspecified atom stereocenters. The maximum Gasteiger partial charge on any atom is 0.127 e. The number of pyridine rings is 1. The Labute approximate surface area is 111 Å². The second-order valence-electron chi connectivity index (χ2n) is 3.86. The van der Waals surface area contributed by atoms with E-state index in [1.165, 1.54) is 23.9 Å². The molecular weight excluding hydrogens is 247 g/mol. The SMILES string of the molecule is CCCNc1cc(Sc2cccc(F)c2)ccn1. The monoisotopic (exact) mass is 262 g/mol. The minimum absolute atomic E-state index is 0.210. The lowest BCUT2D eigenvalue weighted by molar-refractivity contribution is 0.624. The van der Waals surface area contributed by atoms with Crippen molar-refractivity contribution in [2.24, 2.45) is 0 Å². The Hall–Kier alpha value is -1.55. The molecule has 1 heterocycles. The topological polar surface area (TPSA) is 24.9 Å². The van der Waals surface area contributed by atoms with Crippen molar-refractivity contribution >= 4 is 17.6 Å². The van der Waals surface area contributed by atoms with Crippen LogP contribution in [0.1, 0.15) is 13.3 Å². The van der Waals surface area contributed by atoms with E-state index in [-0.39, 0.29) is 5.82 Å². The lowest BCUT2D eigenvalue weighted by atomic mass is 10.3. The minimum Gasteiger partial charge on any atom is -0.370 e. The van der Waals surface area contributed by atoms with Gasteiger partial charge in [-0.15, -0.1) is 0 Å². The summed E-state index contributed by atoms with van der Waals surface area (Å²) in [4.78, 5) is 6.18. The first kappa shape index (κ1) is 12.9. The zero-order valence-corrected chi connectivity index (χ0v) is 11.0. The van der Waals surface area contributed by atoms with Gasteiger partial charge in [-0.3, -0.25) is 0 Å². The van der Waals surface area contributed by atoms with Gasteiger partial charge in [-0.05, 0) is 36.8 Å². The second-order valence-corrected chi connectivity index (χ2v) is 5.01. The molecule has 0 atom stereocenters. The van der Waals surface area contributed by atoms with Crippen LogP contribution >= 0.6 is 11.8 Å². The van der Waals surface area contributed by atoms with Crippen molar-refractivity contribution in [2.45, 2.75) is 23.1 Å². The number of nitrogens with zero attached hydrogens (tertiary/aromatic N) is 1. The summed E-state index contributed by atoms with van der Waals surface area (Å²) in [5, 5.41) is 3.23. The summed E-state index contributed by atoms with van der Waals surface area (Å²) < 4.78 is 13.1. The predicted octanol–water partition coefficient (Wildman–Crippen LogP) is 4.19. The zero-order chi connectivity index (χ0) is 12.8. The first-order valence-electron chi connectivity index (χ1n) is 5.91. The highest BCUT2D eigenvalue weighted by Crippen LogP contribution is 2.28. The smallest absolute Gasteiger partial charge is 0.127 e. The van der Waals surface area contributed by atoms with E-state index in [0.717, 1.165) is 28.6 Å². The van der Waals surface area contributed by atoms with Gasteiger partial charge in [0.1, 0.15) is 11.6 Å². The Morgan fingerprint density at radius 3 is 2.83 bits per heavy atom. The molecule has 1 N–H and O–H groups in total. The molecular formula is C14H15FN2S. The number of rotatable bonds is 5. The van der Waals surface area contributed by atoms with Gasteiger partial charge in [-0.25, -0.2) is 9.37 Å². The van der Waals surface area contributed by atoms with Crippen LogP contribution < -0.4 is 5.32 Å². The lowest BCUT2D eigenvalue weighted by Crippen LogP contribution is -2.01. The number of benzene rings is 1. The van der Waals surface area contributed by atoms with Gasteiger partial charge in [-0.1, -0.05) is 24.8 Å². The molecule has 0 amide bonds. The molecule has 0 saturated carbocycles. The summed E-state index contributed by atoms with van der Waals surface area (Å²) in [6.07, 6.45) is 2.82. The highest BCUT2D eigenvalue weighted by Gasteiger charge is 2.00. The van der Waals surface area contributed by atoms with Crippen LogP contribution in [0.5, 0.6) is 0 Å². The number of hydrogen-bond acceptors (Lipinski definition) is 3. The molecule has 94 valence electrons. The maximum absolute atomic E-state index is 13.1. The van der Waals surface area contributed by atoms with Crippen molar-refractivity contribution in [2.75, 3.05) is 11.9 Å². The van der Waals surface area contributed by atoms with Gasteiger partial charge < -0.3 is 5.32 Å². The van der Waals surface area contributed by atoms with Gasteiger partial charge in [0.25, 0.3) is 0 Å². The van der Waals surface area contributed by atoms with Gasteiger partial charge in [0.05, 0.1) is 0 Å². The van der Waals surface area contributed by atoms with Crippen LogP contribution in [0, 0.1) is 5.82 Å². The number of anilines is 1. The van der Waals surface area contributed by atoms with Crippen LogP contribution in [-0.2, 0) is 0 Å². The molecule has 0 aliphatic heterocycles. The Balaban J connectivity index is 2.09. The highest BCUT2D eigenvalue weighted by molar-refractivity contribution is 7.99. The number of hydrogen-bond donors (Lipinski definition) is 1. The highest BCUT2D eigenvalue weighted by atomic mass is 32.2. The first-order valence-corrected chi connectivity index (χ1v) is 6.73. The predicted molar refractivity (Wildman–Crippen MR) is 73.5 cm³/mol. The van der Waals surface area contributed by atoms with E-state index >= 15 is 0 Å². The van der Waals surface area contributed by atoms with E-state index in [1.807, 2.05) is 18.2 Å². The van der Waals surface area contributed by atoms with Gasteiger partial charge in [-0.2, -0.15) is 0 Å². The largest absolute Gasteiger partial charge is 0.370 e. The summed E-state index contributed by atoms with van der Waals surface area (Å²) in [6, 6.07) is 10.5. The number of aromatic nitrogens is 1. The van der Waals surface area contributed by atoms with Gasteiger partial charge in [0.15, 0.2) is 0 Å². The second kappa shape index (κ2) is 6.40. The van der Waals surface area contributed by atoms with E-state index in [2.05, 4.69) is 17.2 Å². The summed E-state index contributed by atoms with van der Waals surface area (Å²) in [5.74, 6) is 0.650. The third kappa shape index (κ3) is 3.74. The molecule has 0 fully saturated rings. The van der Waals surface area contributed by atoms with Crippen LogP contribution in [0.15, 0.2) is 52.4 Å². The molecule has 2 aromatic rings. The van der Waals surface area contributed by atoms with Crippen LogP contribution in [0.4, 0.5) is 10.2 Å². The van der Waals surface area contributed by atoms with Crippen molar-refractivity contribution in [3.05, 3.63) is 48.4 Å². The van der Waals surface area contributed by atoms with E-state index in [4.69, 9.17) is 0 Å². The van der Waals surface area contributed by atoms with Gasteiger partial charge >= 0.3 is 0 Å². The van der Waals surface area contributed by atoms with Crippen molar-refractivity contribution < 1.29 is 4.39 Å². The molecule has 0 bridgehead atoms. The molecule has 0 saturated heterocycles. The van der Waals surface area contributed by atoms with Crippen molar-refractivity contribution in [1.82, 2.24) is 4.98 Å². The Bertz CT molecular complexity index is 517. The quantitative estimate of drug-likeness (QED) is 0.874. The molecule has 0 radical (unpaired) electrons. The van der Waals surface area contributed by atoms with Crippen LogP contribution in [-0.4, -0.2) is 11.5 Å². The van der Waals surface area contributed by atoms with E-state index in [9.17, 15) is 4.39 Å². The fourth-order valence-electron chi connectivity index (χ4n) is 1.49. The molecule has 2 nitrogen and oxygen atoms in total. The van der Waals surface area contributed by atoms with Crippen molar-refractivity contribution in [1.29, 1.82) is 0 Å². The molecule has 18 heavy (non-hydrogen) atoms. The molecule has 1 aromatic carbocycles. The van der Waals surface area contributed by atoms with Crippen LogP contribution in [0.3, 0.4) is 0 Å². The molecule has 0 aliphatic rings. The fraction of sp³-hybridized carbons (Fsp3) is 0.214. The van der Waals surface area contributed by atoms with E-state index in [1.54, 1.807) is 12.3 Å². The summed E-state index contributed by atoms with van der Waals surface area (Å²) >= 11 is 1.53. The van der Waals surface area contributed by atoms with Gasteiger partial charge in [0, 0.05) is 22.5 Å². The zero-order valence-electron chi connectivity index (χ0n) is 10.2. The average molecular weight is 262 g/mol. The normalized spacial score (nSPS) is 10.3. The minimum atomic E-state index is -0.210. The lowest BCUT2D eigenvalue weighted by Gasteiger charge is -2.06. The standard InChI is InChI=1S/C14H15FN2S/c1-2-7-16-14-10-13(6-8-17-14)18-12-5-3-4-11(15)9-12/h3-6,8-10H,2,7H2,1H3,(H,16,17). The van der Waals surface area contributed by atoms with Gasteiger partial charge in [0.2, 0.25) is 0 Å². The Morgan fingerprint density at radius 2 is 2.06 bits per heavy atom. The Morgan fingerprint density at radius 1 is 1.22 bits per heavy atom. The van der Waals surface area contributed by atoms with Crippen molar-refractivity contribution in [3.8, 4) is 0 Å². The molecule has 4 heteroatoms. The molecule has 0 aliphatic carbocycles. The molecule has 0 spiro atoms. The maximum atomic E-state index is 13.1. The average Bonchev–Trinajstić information content (AvgIpc) is 2.37. The fourth-order valence-corrected chi connectivity index (χ4v) is 2.38. The summed E-state index contributed by atoms with van der Waals surface area (Å²) in [6.45, 7) is 3.01. The third-order valence-electron chi connectivity index (χ3n) is 2.32. The first-order chi connectivity index (χ1) is 8.78. The Kier molecular flexibility index (Phi) is 4.59. The summed E-state index contributed by atoms with van der Waals surface area (Å²) in [7, 11) is 0.